The van der Waals surface area contributed by atoms with Crippen molar-refractivity contribution in [2.45, 2.75) is 26.0 Å². The molecule has 1 amide bonds. The van der Waals surface area contributed by atoms with Crippen LogP contribution in [0.4, 0.5) is 0 Å². The lowest BCUT2D eigenvalue weighted by atomic mass is 10.1. The van der Waals surface area contributed by atoms with E-state index in [0.29, 0.717) is 12.8 Å². The average Bonchev–Trinajstić information content (AvgIpc) is 2.32. The molecule has 74 valence electrons. The number of nitrogens with zero attached hydrogens (tertiary/aromatic N) is 1. The average molecular weight is 186 g/mol. The maximum atomic E-state index is 11.2. The predicted octanol–water partition coefficient (Wildman–Crippen LogP) is 0.144. The van der Waals surface area contributed by atoms with Crippen molar-refractivity contribution < 1.29 is 14.7 Å². The summed E-state index contributed by atoms with van der Waals surface area (Å²) in [4.78, 5) is 16.2. The lowest BCUT2D eigenvalue weighted by molar-refractivity contribution is -0.222. The molecule has 0 bridgehead atoms. The van der Waals surface area contributed by atoms with Gasteiger partial charge in [-0.25, -0.2) is 0 Å². The Labute approximate surface area is 76.8 Å². The van der Waals surface area contributed by atoms with Gasteiger partial charge in [-0.15, -0.1) is 0 Å². The topological polar surface area (TPSA) is 73.6 Å². The van der Waals surface area contributed by atoms with Crippen molar-refractivity contribution in [1.29, 1.82) is 5.41 Å². The summed E-state index contributed by atoms with van der Waals surface area (Å²) in [5.74, 6) is -0.266. The van der Waals surface area contributed by atoms with E-state index in [0.717, 1.165) is 5.06 Å². The minimum absolute atomic E-state index is 0.0764. The Morgan fingerprint density at radius 1 is 1.85 bits per heavy atom. The van der Waals surface area contributed by atoms with Crippen LogP contribution >= 0.6 is 0 Å². The lowest BCUT2D eigenvalue weighted by Crippen LogP contribution is -2.35. The highest BCUT2D eigenvalue weighted by atomic mass is 16.7. The number of hydrogen-bond acceptors (Lipinski definition) is 4. The third-order valence-electron chi connectivity index (χ3n) is 1.98. The number of aliphatic hydroxyl groups is 1. The van der Waals surface area contributed by atoms with E-state index < -0.39 is 6.23 Å². The largest absolute Gasteiger partial charge is 0.371 e. The normalized spacial score (nSPS) is 28.2. The molecule has 1 heterocycles. The standard InChI is InChI=1S/C8H14N2O3/c1-6-5-7(11)10(8(6)12)13-4-2-3-9/h3,6,8-9,12H,2,4-5H2,1H3/t6-,8-/m1/s1. The van der Waals surface area contributed by atoms with E-state index in [2.05, 4.69) is 0 Å². The highest BCUT2D eigenvalue weighted by Crippen LogP contribution is 2.22. The van der Waals surface area contributed by atoms with Gasteiger partial charge in [-0.1, -0.05) is 6.92 Å². The molecule has 1 aliphatic rings. The summed E-state index contributed by atoms with van der Waals surface area (Å²) in [6, 6.07) is 0. The fraction of sp³-hybridized carbons (Fsp3) is 0.750. The van der Waals surface area contributed by atoms with E-state index in [9.17, 15) is 9.90 Å². The molecular weight excluding hydrogens is 172 g/mol. The number of carbonyl (C=O) groups excluding carboxylic acids is 1. The smallest absolute Gasteiger partial charge is 0.249 e. The van der Waals surface area contributed by atoms with Gasteiger partial charge in [0, 0.05) is 18.8 Å². The van der Waals surface area contributed by atoms with Gasteiger partial charge < -0.3 is 10.5 Å². The van der Waals surface area contributed by atoms with Gasteiger partial charge in [0.15, 0.2) is 6.23 Å². The van der Waals surface area contributed by atoms with Gasteiger partial charge in [-0.2, -0.15) is 5.06 Å². The van der Waals surface area contributed by atoms with Crippen LogP contribution in [0.15, 0.2) is 0 Å². The molecule has 1 saturated heterocycles. The molecule has 0 unspecified atom stereocenters. The molecule has 1 rings (SSSR count). The first-order chi connectivity index (χ1) is 6.16. The molecule has 0 aliphatic carbocycles. The summed E-state index contributed by atoms with van der Waals surface area (Å²) in [7, 11) is 0. The van der Waals surface area contributed by atoms with Crippen LogP contribution < -0.4 is 0 Å². The van der Waals surface area contributed by atoms with Gasteiger partial charge in [0.1, 0.15) is 0 Å². The van der Waals surface area contributed by atoms with Crippen LogP contribution in [0.1, 0.15) is 19.8 Å². The van der Waals surface area contributed by atoms with E-state index in [4.69, 9.17) is 10.2 Å². The Morgan fingerprint density at radius 3 is 3.00 bits per heavy atom. The summed E-state index contributed by atoms with van der Waals surface area (Å²) in [5.41, 5.74) is 0. The summed E-state index contributed by atoms with van der Waals surface area (Å²) < 4.78 is 0. The molecule has 5 nitrogen and oxygen atoms in total. The first-order valence-corrected chi connectivity index (χ1v) is 4.28. The van der Waals surface area contributed by atoms with Crippen molar-refractivity contribution in [3.8, 4) is 0 Å². The molecule has 0 aromatic carbocycles. The molecule has 0 aromatic heterocycles. The lowest BCUT2D eigenvalue weighted by Gasteiger charge is -2.20. The molecular formula is C8H14N2O3. The highest BCUT2D eigenvalue weighted by molar-refractivity contribution is 5.77. The third-order valence-corrected chi connectivity index (χ3v) is 1.98. The zero-order valence-corrected chi connectivity index (χ0v) is 7.56. The molecule has 13 heavy (non-hydrogen) atoms. The fourth-order valence-corrected chi connectivity index (χ4v) is 1.21. The SMILES string of the molecule is C[C@@H]1CC(=O)N(OCCC=N)[C@@H]1O. The van der Waals surface area contributed by atoms with Crippen LogP contribution in [0.25, 0.3) is 0 Å². The third kappa shape index (κ3) is 2.26. The van der Waals surface area contributed by atoms with Crippen molar-refractivity contribution in [3.05, 3.63) is 0 Å². The second kappa shape index (κ2) is 4.34. The summed E-state index contributed by atoms with van der Waals surface area (Å²) in [6.45, 7) is 2.06. The summed E-state index contributed by atoms with van der Waals surface area (Å²) in [6.07, 6.45) is 1.14. The van der Waals surface area contributed by atoms with E-state index in [1.54, 1.807) is 6.92 Å². The van der Waals surface area contributed by atoms with E-state index in [-0.39, 0.29) is 18.4 Å². The zero-order valence-electron chi connectivity index (χ0n) is 7.56. The van der Waals surface area contributed by atoms with Gasteiger partial charge in [-0.3, -0.25) is 9.63 Å². The van der Waals surface area contributed by atoms with E-state index in [1.165, 1.54) is 6.21 Å². The maximum absolute atomic E-state index is 11.2. The monoisotopic (exact) mass is 186 g/mol. The molecule has 1 fully saturated rings. The van der Waals surface area contributed by atoms with Gasteiger partial charge in [0.25, 0.3) is 0 Å². The Hall–Kier alpha value is -0.940. The molecule has 0 radical (unpaired) electrons. The Balaban J connectivity index is 2.39. The Kier molecular flexibility index (Phi) is 3.39. The number of nitrogens with one attached hydrogen (secondary N) is 1. The van der Waals surface area contributed by atoms with Crippen molar-refractivity contribution in [1.82, 2.24) is 5.06 Å². The first-order valence-electron chi connectivity index (χ1n) is 4.28. The van der Waals surface area contributed by atoms with Gasteiger partial charge in [0.2, 0.25) is 5.91 Å². The number of carbonyl (C=O) groups is 1. The van der Waals surface area contributed by atoms with Crippen LogP contribution in [-0.4, -0.2) is 35.1 Å². The van der Waals surface area contributed by atoms with Crippen LogP contribution in [0.3, 0.4) is 0 Å². The van der Waals surface area contributed by atoms with Crippen molar-refractivity contribution in [3.63, 3.8) is 0 Å². The summed E-state index contributed by atoms with van der Waals surface area (Å²) in [5, 5.41) is 17.2. The molecule has 5 heteroatoms. The van der Waals surface area contributed by atoms with Gasteiger partial charge in [-0.05, 0) is 6.21 Å². The number of amides is 1. The van der Waals surface area contributed by atoms with Crippen molar-refractivity contribution >= 4 is 12.1 Å². The molecule has 0 spiro atoms. The second-order valence-electron chi connectivity index (χ2n) is 3.14. The van der Waals surface area contributed by atoms with Crippen molar-refractivity contribution in [2.24, 2.45) is 5.92 Å². The molecule has 0 saturated carbocycles. The summed E-state index contributed by atoms with van der Waals surface area (Å²) >= 11 is 0. The van der Waals surface area contributed by atoms with Crippen LogP contribution in [-0.2, 0) is 9.63 Å². The van der Waals surface area contributed by atoms with Crippen LogP contribution in [0.5, 0.6) is 0 Å². The van der Waals surface area contributed by atoms with E-state index in [1.807, 2.05) is 0 Å². The minimum Gasteiger partial charge on any atom is -0.371 e. The highest BCUT2D eigenvalue weighted by Gasteiger charge is 2.36. The second-order valence-corrected chi connectivity index (χ2v) is 3.14. The molecule has 2 N–H and O–H groups in total. The zero-order chi connectivity index (χ0) is 9.84. The number of rotatable bonds is 4. The first kappa shape index (κ1) is 10.1. The van der Waals surface area contributed by atoms with Gasteiger partial charge in [0.05, 0.1) is 6.61 Å². The van der Waals surface area contributed by atoms with Crippen LogP contribution in [0.2, 0.25) is 0 Å². The number of hydrogen-bond donors (Lipinski definition) is 2. The molecule has 0 aromatic rings. The Morgan fingerprint density at radius 2 is 2.54 bits per heavy atom. The van der Waals surface area contributed by atoms with Gasteiger partial charge >= 0.3 is 0 Å². The molecule has 2 atom stereocenters. The number of aliphatic hydroxyl groups excluding tert-OH is 1. The maximum Gasteiger partial charge on any atom is 0.249 e. The number of hydroxylamine groups is 2. The molecule has 1 aliphatic heterocycles. The van der Waals surface area contributed by atoms with Crippen molar-refractivity contribution in [2.75, 3.05) is 6.61 Å². The van der Waals surface area contributed by atoms with E-state index >= 15 is 0 Å². The minimum atomic E-state index is -0.835. The van der Waals surface area contributed by atoms with Crippen LogP contribution in [0, 0.1) is 11.3 Å². The fourth-order valence-electron chi connectivity index (χ4n) is 1.21. The predicted molar refractivity (Wildman–Crippen MR) is 46.0 cm³/mol. The quantitative estimate of drug-likeness (QED) is 0.484. The Bertz CT molecular complexity index is 208.